The minimum Gasteiger partial charge on any atom is -0.389 e. The summed E-state index contributed by atoms with van der Waals surface area (Å²) in [7, 11) is 0. The van der Waals surface area contributed by atoms with Crippen molar-refractivity contribution >= 4 is 6.08 Å². The van der Waals surface area contributed by atoms with E-state index in [1.165, 1.54) is 17.5 Å². The molecule has 1 aromatic carbocycles. The van der Waals surface area contributed by atoms with Crippen molar-refractivity contribution in [3.05, 3.63) is 41.0 Å². The Kier molecular flexibility index (Phi) is 5.75. The molecule has 1 N–H and O–H groups in total. The van der Waals surface area contributed by atoms with Crippen LogP contribution in [0.5, 0.6) is 0 Å². The Morgan fingerprint density at radius 2 is 1.77 bits per heavy atom. The highest BCUT2D eigenvalue weighted by atomic mass is 16.5. The van der Waals surface area contributed by atoms with E-state index < -0.39 is 5.60 Å². The lowest BCUT2D eigenvalue weighted by Crippen LogP contribution is -2.40. The summed E-state index contributed by atoms with van der Waals surface area (Å²) in [4.78, 5) is 2.60. The number of hydrogen-bond acceptors (Lipinski definition) is 4. The molecule has 4 heteroatoms. The van der Waals surface area contributed by atoms with Crippen LogP contribution in [0.4, 0.5) is 0 Å². The first kappa shape index (κ1) is 18.2. The lowest BCUT2D eigenvalue weighted by atomic mass is 9.87. The minimum atomic E-state index is -0.588. The van der Waals surface area contributed by atoms with Gasteiger partial charge in [0.1, 0.15) is 0 Å². The van der Waals surface area contributed by atoms with Gasteiger partial charge in [-0.15, -0.1) is 0 Å². The molecule has 4 rings (SSSR count). The Hall–Kier alpha value is -1.20. The van der Waals surface area contributed by atoms with Crippen LogP contribution in [0.25, 0.3) is 6.08 Å². The second kappa shape index (κ2) is 8.22. The largest absolute Gasteiger partial charge is 0.389 e. The molecule has 0 aromatic heterocycles. The summed E-state index contributed by atoms with van der Waals surface area (Å²) in [5.74, 6) is 0. The molecular weight excluding hydrogens is 326 g/mol. The number of likely N-dealkylation sites (tertiary alicyclic amines) is 1. The van der Waals surface area contributed by atoms with Gasteiger partial charge < -0.3 is 14.6 Å². The van der Waals surface area contributed by atoms with Crippen LogP contribution in [-0.2, 0) is 15.9 Å². The molecule has 1 aromatic rings. The van der Waals surface area contributed by atoms with E-state index in [2.05, 4.69) is 35.2 Å². The summed E-state index contributed by atoms with van der Waals surface area (Å²) in [6.07, 6.45) is 8.08. The summed E-state index contributed by atoms with van der Waals surface area (Å²) in [5.41, 5.74) is 3.46. The van der Waals surface area contributed by atoms with Gasteiger partial charge in [-0.1, -0.05) is 35.9 Å². The molecular formula is C22H31NO3. The second-order valence-corrected chi connectivity index (χ2v) is 8.11. The maximum atomic E-state index is 10.7. The van der Waals surface area contributed by atoms with Crippen molar-refractivity contribution in [3.63, 3.8) is 0 Å². The molecule has 1 unspecified atom stereocenters. The third-order valence-corrected chi connectivity index (χ3v) is 6.17. The van der Waals surface area contributed by atoms with Crippen molar-refractivity contribution in [2.24, 2.45) is 0 Å². The highest BCUT2D eigenvalue weighted by Gasteiger charge is 2.30. The van der Waals surface area contributed by atoms with E-state index in [0.29, 0.717) is 19.3 Å². The van der Waals surface area contributed by atoms with E-state index in [9.17, 15) is 5.11 Å². The van der Waals surface area contributed by atoms with Crippen molar-refractivity contribution in [1.29, 1.82) is 0 Å². The molecule has 3 saturated heterocycles. The number of hydrogen-bond donors (Lipinski definition) is 1. The van der Waals surface area contributed by atoms with Gasteiger partial charge in [-0.2, -0.15) is 0 Å². The number of benzene rings is 1. The molecule has 3 aliphatic heterocycles. The first-order valence-corrected chi connectivity index (χ1v) is 10.1. The molecule has 1 atom stereocenters. The Morgan fingerprint density at radius 1 is 1.04 bits per heavy atom. The van der Waals surface area contributed by atoms with Gasteiger partial charge >= 0.3 is 0 Å². The molecule has 0 saturated carbocycles. The summed E-state index contributed by atoms with van der Waals surface area (Å²) >= 11 is 0. The van der Waals surface area contributed by atoms with E-state index in [0.717, 1.165) is 58.4 Å². The van der Waals surface area contributed by atoms with Crippen molar-refractivity contribution in [1.82, 2.24) is 4.90 Å². The molecule has 142 valence electrons. The quantitative estimate of drug-likeness (QED) is 0.899. The van der Waals surface area contributed by atoms with Gasteiger partial charge in [-0.3, -0.25) is 4.90 Å². The predicted molar refractivity (Wildman–Crippen MR) is 103 cm³/mol. The van der Waals surface area contributed by atoms with Crippen LogP contribution in [0, 0.1) is 0 Å². The smallest absolute Gasteiger partial charge is 0.0731 e. The zero-order valence-corrected chi connectivity index (χ0v) is 15.7. The summed E-state index contributed by atoms with van der Waals surface area (Å²) in [5, 5.41) is 10.7. The molecule has 0 radical (unpaired) electrons. The predicted octanol–water partition coefficient (Wildman–Crippen LogP) is 3.04. The molecule has 0 bridgehead atoms. The maximum absolute atomic E-state index is 10.7. The zero-order chi connectivity index (χ0) is 17.8. The van der Waals surface area contributed by atoms with Crippen LogP contribution < -0.4 is 0 Å². The number of nitrogens with zero attached hydrogens (tertiary/aromatic N) is 1. The van der Waals surface area contributed by atoms with Gasteiger partial charge in [0.25, 0.3) is 0 Å². The molecule has 0 aliphatic carbocycles. The highest BCUT2D eigenvalue weighted by molar-refractivity contribution is 5.53. The number of rotatable bonds is 4. The fraction of sp³-hybridized carbons (Fsp3) is 0.636. The molecule has 4 nitrogen and oxygen atoms in total. The van der Waals surface area contributed by atoms with Gasteiger partial charge in [0.15, 0.2) is 0 Å². The topological polar surface area (TPSA) is 41.9 Å². The number of piperidine rings is 1. The Labute approximate surface area is 156 Å². The highest BCUT2D eigenvalue weighted by Crippen LogP contribution is 2.26. The molecule has 3 aliphatic rings. The Morgan fingerprint density at radius 3 is 2.42 bits per heavy atom. The molecule has 3 fully saturated rings. The third kappa shape index (κ3) is 4.55. The van der Waals surface area contributed by atoms with E-state index >= 15 is 0 Å². The zero-order valence-electron chi connectivity index (χ0n) is 15.7. The fourth-order valence-electron chi connectivity index (χ4n) is 4.41. The maximum Gasteiger partial charge on any atom is 0.0731 e. The van der Waals surface area contributed by atoms with Gasteiger partial charge in [-0.25, -0.2) is 0 Å². The summed E-state index contributed by atoms with van der Waals surface area (Å²) in [6, 6.07) is 9.38. The van der Waals surface area contributed by atoms with Crippen LogP contribution in [0.1, 0.15) is 43.2 Å². The molecule has 26 heavy (non-hydrogen) atoms. The molecule has 3 heterocycles. The van der Waals surface area contributed by atoms with Crippen LogP contribution in [0.3, 0.4) is 0 Å². The van der Waals surface area contributed by atoms with Crippen LogP contribution in [0.2, 0.25) is 0 Å². The third-order valence-electron chi connectivity index (χ3n) is 6.17. The van der Waals surface area contributed by atoms with E-state index in [1.54, 1.807) is 5.57 Å². The van der Waals surface area contributed by atoms with Crippen LogP contribution in [-0.4, -0.2) is 61.2 Å². The monoisotopic (exact) mass is 357 g/mol. The van der Waals surface area contributed by atoms with Crippen LogP contribution in [0.15, 0.2) is 29.8 Å². The van der Waals surface area contributed by atoms with Crippen molar-refractivity contribution in [2.75, 3.05) is 39.5 Å². The van der Waals surface area contributed by atoms with E-state index in [-0.39, 0.29) is 0 Å². The minimum absolute atomic E-state index is 0.588. The Bertz CT molecular complexity index is 603. The first-order valence-electron chi connectivity index (χ1n) is 10.1. The second-order valence-electron chi connectivity index (χ2n) is 8.11. The first-order chi connectivity index (χ1) is 12.7. The number of aliphatic hydroxyl groups is 1. The van der Waals surface area contributed by atoms with Crippen LogP contribution >= 0.6 is 0 Å². The van der Waals surface area contributed by atoms with Crippen molar-refractivity contribution in [3.8, 4) is 0 Å². The summed E-state index contributed by atoms with van der Waals surface area (Å²) in [6.45, 7) is 5.51. The molecule has 0 amide bonds. The lowest BCUT2D eigenvalue weighted by Gasteiger charge is -2.32. The van der Waals surface area contributed by atoms with Gasteiger partial charge in [0.05, 0.1) is 12.2 Å². The van der Waals surface area contributed by atoms with Gasteiger partial charge in [-0.05, 0) is 43.2 Å². The van der Waals surface area contributed by atoms with E-state index in [1.807, 2.05) is 0 Å². The normalized spacial score (nSPS) is 26.8. The summed E-state index contributed by atoms with van der Waals surface area (Å²) < 4.78 is 10.9. The Balaban J connectivity index is 1.31. The standard InChI is InChI=1S/C22H31NO3/c24-22(8-13-25-14-9-22)16-20-3-1-18(2-4-20)15-19-5-10-23(11-6-19)21-7-12-26-17-21/h1-4,15,21,24H,5-14,16-17H2. The fourth-order valence-corrected chi connectivity index (χ4v) is 4.41. The van der Waals surface area contributed by atoms with E-state index in [4.69, 9.17) is 9.47 Å². The van der Waals surface area contributed by atoms with Crippen molar-refractivity contribution in [2.45, 2.75) is 50.2 Å². The molecule has 0 spiro atoms. The average molecular weight is 357 g/mol. The average Bonchev–Trinajstić information content (AvgIpc) is 3.19. The van der Waals surface area contributed by atoms with Gasteiger partial charge in [0, 0.05) is 45.4 Å². The number of ether oxygens (including phenoxy) is 2. The van der Waals surface area contributed by atoms with Crippen molar-refractivity contribution < 1.29 is 14.6 Å². The lowest BCUT2D eigenvalue weighted by molar-refractivity contribution is -0.0625. The SMILES string of the molecule is OC1(Cc2ccc(C=C3CCN(C4CCOC4)CC3)cc2)CCOCC1. The van der Waals surface area contributed by atoms with Gasteiger partial charge in [0.2, 0.25) is 0 Å².